The minimum atomic E-state index is -0.351. The normalized spacial score (nSPS) is 16.6. The third-order valence-electron chi connectivity index (χ3n) is 7.65. The molecule has 0 saturated carbocycles. The van der Waals surface area contributed by atoms with Gasteiger partial charge >= 0.3 is 5.97 Å². The van der Waals surface area contributed by atoms with Crippen LogP contribution >= 0.6 is 0 Å². The summed E-state index contributed by atoms with van der Waals surface area (Å²) < 4.78 is 5.49. The SMILES string of the molecule is CCCC(CC1CC(=O)c2c(ccc(CC(=O)Oc3ccc(C)cc3)c2C)C1)C(CC)C(=O)CC(C)=O. The number of ether oxygens (including phenoxy) is 1. The van der Waals surface area contributed by atoms with Gasteiger partial charge < -0.3 is 4.74 Å². The van der Waals surface area contributed by atoms with E-state index in [1.165, 1.54) is 6.92 Å². The molecule has 3 atom stereocenters. The van der Waals surface area contributed by atoms with Crippen LogP contribution in [0, 0.1) is 31.6 Å². The van der Waals surface area contributed by atoms with E-state index in [2.05, 4.69) is 6.92 Å². The van der Waals surface area contributed by atoms with Crippen LogP contribution in [0.15, 0.2) is 36.4 Å². The fraction of sp³-hybridized carbons (Fsp3) is 0.500. The van der Waals surface area contributed by atoms with Gasteiger partial charge in [-0.1, -0.05) is 56.5 Å². The van der Waals surface area contributed by atoms with E-state index in [4.69, 9.17) is 4.74 Å². The Bertz CT molecular complexity index is 1140. The van der Waals surface area contributed by atoms with Gasteiger partial charge in [0.05, 0.1) is 12.8 Å². The number of hydrogen-bond acceptors (Lipinski definition) is 5. The zero-order valence-electron chi connectivity index (χ0n) is 22.9. The first-order chi connectivity index (χ1) is 17.6. The molecule has 37 heavy (non-hydrogen) atoms. The second-order valence-electron chi connectivity index (χ2n) is 10.7. The zero-order chi connectivity index (χ0) is 27.1. The highest BCUT2D eigenvalue weighted by molar-refractivity contribution is 6.01. The molecule has 1 aliphatic rings. The molecule has 2 aromatic rings. The predicted octanol–water partition coefficient (Wildman–Crippen LogP) is 6.58. The average Bonchev–Trinajstić information content (AvgIpc) is 2.82. The fourth-order valence-electron chi connectivity index (χ4n) is 5.89. The van der Waals surface area contributed by atoms with Crippen LogP contribution in [-0.4, -0.2) is 23.3 Å². The fourth-order valence-corrected chi connectivity index (χ4v) is 5.89. The standard InChI is InChI=1S/C32H40O5/c1-6-8-25(28(7-2)29(34)15-21(4)33)16-23-17-26-12-11-24(22(5)32(26)30(35)18-23)19-31(36)37-27-13-9-20(3)10-14-27/h9-14,23,25,28H,6-8,15-19H2,1-5H3. The molecule has 5 heteroatoms. The van der Waals surface area contributed by atoms with Gasteiger partial charge in [-0.2, -0.15) is 0 Å². The van der Waals surface area contributed by atoms with Crippen molar-refractivity contribution in [2.45, 2.75) is 86.0 Å². The molecule has 0 amide bonds. The van der Waals surface area contributed by atoms with E-state index in [0.717, 1.165) is 59.9 Å². The second-order valence-corrected chi connectivity index (χ2v) is 10.7. The molecule has 0 spiro atoms. The molecule has 5 nitrogen and oxygen atoms in total. The summed E-state index contributed by atoms with van der Waals surface area (Å²) in [6.07, 6.45) is 4.75. The average molecular weight is 505 g/mol. The van der Waals surface area contributed by atoms with E-state index in [1.807, 2.05) is 45.0 Å². The Morgan fingerprint density at radius 3 is 2.32 bits per heavy atom. The number of carbonyl (C=O) groups is 4. The zero-order valence-corrected chi connectivity index (χ0v) is 22.9. The number of benzene rings is 2. The summed E-state index contributed by atoms with van der Waals surface area (Å²) in [6.45, 7) is 9.49. The van der Waals surface area contributed by atoms with Crippen LogP contribution in [0.4, 0.5) is 0 Å². The van der Waals surface area contributed by atoms with Crippen molar-refractivity contribution in [2.75, 3.05) is 0 Å². The summed E-state index contributed by atoms with van der Waals surface area (Å²) in [7, 11) is 0. The lowest BCUT2D eigenvalue weighted by molar-refractivity contribution is -0.134. The number of esters is 1. The number of ketones is 3. The molecular formula is C32H40O5. The van der Waals surface area contributed by atoms with E-state index in [0.29, 0.717) is 12.2 Å². The van der Waals surface area contributed by atoms with Gasteiger partial charge in [-0.25, -0.2) is 0 Å². The van der Waals surface area contributed by atoms with Crippen LogP contribution in [0.25, 0.3) is 0 Å². The first kappa shape index (κ1) is 28.5. The number of rotatable bonds is 12. The molecule has 0 aromatic heterocycles. The van der Waals surface area contributed by atoms with Gasteiger partial charge in [0.1, 0.15) is 17.3 Å². The summed E-state index contributed by atoms with van der Waals surface area (Å²) in [5.41, 5.74) is 4.52. The van der Waals surface area contributed by atoms with Crippen molar-refractivity contribution >= 4 is 23.3 Å². The Labute approximate surface area is 221 Å². The molecule has 2 aromatic carbocycles. The molecule has 0 heterocycles. The summed E-state index contributed by atoms with van der Waals surface area (Å²) in [6, 6.07) is 11.3. The van der Waals surface area contributed by atoms with Crippen molar-refractivity contribution < 1.29 is 23.9 Å². The molecule has 198 valence electrons. The predicted molar refractivity (Wildman–Crippen MR) is 145 cm³/mol. The van der Waals surface area contributed by atoms with Crippen LogP contribution < -0.4 is 4.74 Å². The molecule has 3 rings (SSSR count). The Morgan fingerprint density at radius 1 is 1.00 bits per heavy atom. The highest BCUT2D eigenvalue weighted by Crippen LogP contribution is 2.37. The minimum Gasteiger partial charge on any atom is -0.426 e. The van der Waals surface area contributed by atoms with Gasteiger partial charge in [0.25, 0.3) is 0 Å². The van der Waals surface area contributed by atoms with Gasteiger partial charge in [0.15, 0.2) is 5.78 Å². The summed E-state index contributed by atoms with van der Waals surface area (Å²) in [4.78, 5) is 50.2. The maximum absolute atomic E-state index is 13.3. The Morgan fingerprint density at radius 2 is 1.70 bits per heavy atom. The molecular weight excluding hydrogens is 464 g/mol. The van der Waals surface area contributed by atoms with E-state index in [1.54, 1.807) is 12.1 Å². The highest BCUT2D eigenvalue weighted by atomic mass is 16.5. The van der Waals surface area contributed by atoms with E-state index in [9.17, 15) is 19.2 Å². The molecule has 0 aliphatic heterocycles. The van der Waals surface area contributed by atoms with E-state index < -0.39 is 0 Å². The van der Waals surface area contributed by atoms with Gasteiger partial charge in [0.2, 0.25) is 0 Å². The molecule has 0 saturated heterocycles. The molecule has 3 unspecified atom stereocenters. The molecule has 0 radical (unpaired) electrons. The lowest BCUT2D eigenvalue weighted by Gasteiger charge is -2.32. The van der Waals surface area contributed by atoms with E-state index >= 15 is 0 Å². The molecule has 0 N–H and O–H groups in total. The maximum atomic E-state index is 13.3. The molecule has 0 bridgehead atoms. The summed E-state index contributed by atoms with van der Waals surface area (Å²) in [5.74, 6) is 0.434. The van der Waals surface area contributed by atoms with Crippen molar-refractivity contribution in [1.82, 2.24) is 0 Å². The Kier molecular flexibility index (Phi) is 9.96. The minimum absolute atomic E-state index is 0.000525. The quantitative estimate of drug-likeness (QED) is 0.185. The summed E-state index contributed by atoms with van der Waals surface area (Å²) in [5, 5.41) is 0. The number of carbonyl (C=O) groups excluding carboxylic acids is 4. The van der Waals surface area contributed by atoms with Crippen LogP contribution in [0.5, 0.6) is 5.75 Å². The van der Waals surface area contributed by atoms with Crippen LogP contribution in [0.1, 0.15) is 91.9 Å². The lowest BCUT2D eigenvalue weighted by atomic mass is 9.72. The number of hydrogen-bond donors (Lipinski definition) is 0. The molecule has 0 fully saturated rings. The number of aryl methyl sites for hydroxylation is 1. The van der Waals surface area contributed by atoms with Crippen molar-refractivity contribution in [3.05, 3.63) is 64.2 Å². The number of fused-ring (bicyclic) bond motifs is 1. The largest absolute Gasteiger partial charge is 0.426 e. The Balaban J connectivity index is 1.72. The topological polar surface area (TPSA) is 77.5 Å². The smallest absolute Gasteiger partial charge is 0.315 e. The van der Waals surface area contributed by atoms with E-state index in [-0.39, 0.29) is 53.9 Å². The molecule has 1 aliphatic carbocycles. The second kappa shape index (κ2) is 12.9. The highest BCUT2D eigenvalue weighted by Gasteiger charge is 2.33. The van der Waals surface area contributed by atoms with Crippen molar-refractivity contribution in [2.24, 2.45) is 17.8 Å². The first-order valence-corrected chi connectivity index (χ1v) is 13.6. The monoisotopic (exact) mass is 504 g/mol. The van der Waals surface area contributed by atoms with Gasteiger partial charge in [-0.3, -0.25) is 19.2 Å². The van der Waals surface area contributed by atoms with Gasteiger partial charge in [-0.05, 0) is 80.7 Å². The maximum Gasteiger partial charge on any atom is 0.315 e. The first-order valence-electron chi connectivity index (χ1n) is 13.6. The van der Waals surface area contributed by atoms with Crippen LogP contribution in [-0.2, 0) is 27.2 Å². The van der Waals surface area contributed by atoms with Crippen molar-refractivity contribution in [3.63, 3.8) is 0 Å². The van der Waals surface area contributed by atoms with Crippen molar-refractivity contribution in [1.29, 1.82) is 0 Å². The number of Topliss-reactive ketones (excluding diaryl/α,β-unsaturated/α-hetero) is 3. The van der Waals surface area contributed by atoms with Crippen molar-refractivity contribution in [3.8, 4) is 5.75 Å². The van der Waals surface area contributed by atoms with Gasteiger partial charge in [0, 0.05) is 17.9 Å². The third kappa shape index (κ3) is 7.47. The van der Waals surface area contributed by atoms with Gasteiger partial charge in [-0.15, -0.1) is 0 Å². The van der Waals surface area contributed by atoms with Crippen LogP contribution in [0.3, 0.4) is 0 Å². The lowest BCUT2D eigenvalue weighted by Crippen LogP contribution is -2.30. The Hall–Kier alpha value is -3.08. The summed E-state index contributed by atoms with van der Waals surface area (Å²) >= 11 is 0. The third-order valence-corrected chi connectivity index (χ3v) is 7.65. The van der Waals surface area contributed by atoms with Crippen LogP contribution in [0.2, 0.25) is 0 Å².